The third-order valence-corrected chi connectivity index (χ3v) is 4.48. The monoisotopic (exact) mass is 308 g/mol. The van der Waals surface area contributed by atoms with E-state index in [1.54, 1.807) is 23.7 Å². The minimum Gasteiger partial charge on any atom is -0.391 e. The Bertz CT molecular complexity index is 274. The fourth-order valence-corrected chi connectivity index (χ4v) is 3.22. The average molecular weight is 308 g/mol. The number of thiol groups is 1. The van der Waals surface area contributed by atoms with Gasteiger partial charge < -0.3 is 20.5 Å². The summed E-state index contributed by atoms with van der Waals surface area (Å²) in [6.07, 6.45) is 1.52. The highest BCUT2D eigenvalue weighted by atomic mass is 32.2. The number of aliphatic hydroxyl groups excluding tert-OH is 1. The maximum atomic E-state index is 11.8. The smallest absolute Gasteiger partial charge is 0.240 e. The molecule has 2 unspecified atom stereocenters. The van der Waals surface area contributed by atoms with Gasteiger partial charge in [0.25, 0.3) is 0 Å². The van der Waals surface area contributed by atoms with Crippen molar-refractivity contribution in [1.29, 1.82) is 0 Å². The van der Waals surface area contributed by atoms with Gasteiger partial charge in [-0.15, -0.1) is 0 Å². The van der Waals surface area contributed by atoms with Crippen molar-refractivity contribution < 1.29 is 14.6 Å². The van der Waals surface area contributed by atoms with E-state index >= 15 is 0 Å². The number of amides is 1. The van der Waals surface area contributed by atoms with Crippen LogP contribution in [-0.2, 0) is 9.53 Å². The minimum atomic E-state index is -0.468. The highest BCUT2D eigenvalue weighted by Gasteiger charge is 2.21. The number of thioether (sulfide) groups is 1. The Morgan fingerprint density at radius 2 is 2.37 bits per heavy atom. The highest BCUT2D eigenvalue weighted by molar-refractivity contribution is 7.99. The lowest BCUT2D eigenvalue weighted by Gasteiger charge is -2.26. The highest BCUT2D eigenvalue weighted by Crippen LogP contribution is 2.18. The second-order valence-electron chi connectivity index (χ2n) is 4.81. The Balaban J connectivity index is 2.16. The number of hydrogen-bond acceptors (Lipinski definition) is 6. The maximum Gasteiger partial charge on any atom is 0.240 e. The molecule has 3 atom stereocenters. The summed E-state index contributed by atoms with van der Waals surface area (Å²) in [6.45, 7) is 1.03. The average Bonchev–Trinajstić information content (AvgIpc) is 2.40. The molecule has 0 saturated carbocycles. The number of rotatable bonds is 7. The van der Waals surface area contributed by atoms with Crippen LogP contribution in [0.4, 0.5) is 0 Å². The normalized spacial score (nSPS) is 25.1. The molecule has 1 heterocycles. The van der Waals surface area contributed by atoms with Crippen LogP contribution in [0.1, 0.15) is 12.8 Å². The fourth-order valence-electron chi connectivity index (χ4n) is 1.86. The molecule has 1 saturated heterocycles. The molecular weight excluding hydrogens is 284 g/mol. The molecule has 0 bridgehead atoms. The van der Waals surface area contributed by atoms with Crippen LogP contribution in [0.2, 0.25) is 0 Å². The van der Waals surface area contributed by atoms with Crippen molar-refractivity contribution >= 4 is 30.3 Å². The van der Waals surface area contributed by atoms with Gasteiger partial charge in [0.05, 0.1) is 24.9 Å². The lowest BCUT2D eigenvalue weighted by molar-refractivity contribution is -0.130. The van der Waals surface area contributed by atoms with Gasteiger partial charge in [0.15, 0.2) is 0 Å². The van der Waals surface area contributed by atoms with Gasteiger partial charge in [-0.2, -0.15) is 24.4 Å². The van der Waals surface area contributed by atoms with Crippen LogP contribution >= 0.6 is 24.4 Å². The molecule has 0 aliphatic carbocycles. The summed E-state index contributed by atoms with van der Waals surface area (Å²) in [6, 6.07) is -0.468. The van der Waals surface area contributed by atoms with Crippen LogP contribution in [0.25, 0.3) is 0 Å². The van der Waals surface area contributed by atoms with Crippen molar-refractivity contribution in [3.8, 4) is 0 Å². The van der Waals surface area contributed by atoms with E-state index < -0.39 is 6.04 Å². The molecule has 0 radical (unpaired) electrons. The molecule has 0 spiro atoms. The first kappa shape index (κ1) is 17.1. The zero-order valence-corrected chi connectivity index (χ0v) is 13.0. The van der Waals surface area contributed by atoms with E-state index in [9.17, 15) is 9.90 Å². The van der Waals surface area contributed by atoms with Crippen LogP contribution in [0, 0.1) is 0 Å². The number of nitrogens with two attached hydrogens (primary N) is 1. The van der Waals surface area contributed by atoms with Crippen LogP contribution in [-0.4, -0.2) is 71.6 Å². The molecule has 5 nitrogen and oxygen atoms in total. The van der Waals surface area contributed by atoms with E-state index in [0.29, 0.717) is 24.7 Å². The van der Waals surface area contributed by atoms with Gasteiger partial charge in [-0.1, -0.05) is 0 Å². The van der Waals surface area contributed by atoms with Crippen molar-refractivity contribution in [2.75, 3.05) is 37.5 Å². The minimum absolute atomic E-state index is 0.0402. The molecule has 1 fully saturated rings. The molecule has 1 aliphatic rings. The number of carbonyl (C=O) groups is 1. The summed E-state index contributed by atoms with van der Waals surface area (Å²) < 4.78 is 5.50. The SMILES string of the molecule is CN(CCS)C(=O)[C@H](N)CSCC1CCC(O)CO1. The first-order chi connectivity index (χ1) is 9.04. The predicted octanol–water partition coefficient (Wildman–Crippen LogP) is -0.0250. The zero-order valence-electron chi connectivity index (χ0n) is 11.3. The van der Waals surface area contributed by atoms with Crippen LogP contribution in [0.15, 0.2) is 0 Å². The Kier molecular flexibility index (Phi) is 8.17. The Labute approximate surface area is 124 Å². The second-order valence-corrected chi connectivity index (χ2v) is 6.34. The molecule has 19 heavy (non-hydrogen) atoms. The maximum absolute atomic E-state index is 11.8. The molecule has 1 aliphatic heterocycles. The molecule has 1 amide bonds. The number of aliphatic hydroxyl groups is 1. The van der Waals surface area contributed by atoms with Gasteiger partial charge in [-0.25, -0.2) is 0 Å². The van der Waals surface area contributed by atoms with E-state index in [-0.39, 0.29) is 18.1 Å². The zero-order chi connectivity index (χ0) is 14.3. The van der Waals surface area contributed by atoms with Gasteiger partial charge in [-0.05, 0) is 12.8 Å². The van der Waals surface area contributed by atoms with E-state index in [2.05, 4.69) is 12.6 Å². The largest absolute Gasteiger partial charge is 0.391 e. The molecule has 112 valence electrons. The topological polar surface area (TPSA) is 75.8 Å². The molecule has 7 heteroatoms. The summed E-state index contributed by atoms with van der Waals surface area (Å²) in [5.74, 6) is 2.02. The third kappa shape index (κ3) is 6.35. The predicted molar refractivity (Wildman–Crippen MR) is 81.8 cm³/mol. The van der Waals surface area contributed by atoms with Crippen molar-refractivity contribution in [3.63, 3.8) is 0 Å². The van der Waals surface area contributed by atoms with E-state index in [4.69, 9.17) is 10.5 Å². The molecule has 0 aromatic rings. The Morgan fingerprint density at radius 3 is 2.95 bits per heavy atom. The van der Waals surface area contributed by atoms with Gasteiger partial charge in [0, 0.05) is 30.9 Å². The quantitative estimate of drug-likeness (QED) is 0.576. The summed E-state index contributed by atoms with van der Waals surface area (Å²) in [5, 5.41) is 9.32. The molecule has 3 N–H and O–H groups in total. The number of hydrogen-bond donors (Lipinski definition) is 3. The summed E-state index contributed by atoms with van der Waals surface area (Å²) >= 11 is 5.73. The van der Waals surface area contributed by atoms with Crippen LogP contribution < -0.4 is 5.73 Å². The van der Waals surface area contributed by atoms with Gasteiger partial charge in [0.1, 0.15) is 0 Å². The molecular formula is C12H24N2O3S2. The van der Waals surface area contributed by atoms with E-state index in [0.717, 1.165) is 18.6 Å². The van der Waals surface area contributed by atoms with Crippen LogP contribution in [0.5, 0.6) is 0 Å². The number of likely N-dealkylation sites (N-methyl/N-ethyl adjacent to an activating group) is 1. The van der Waals surface area contributed by atoms with Crippen molar-refractivity contribution in [1.82, 2.24) is 4.90 Å². The fraction of sp³-hybridized carbons (Fsp3) is 0.917. The van der Waals surface area contributed by atoms with Gasteiger partial charge in [0.2, 0.25) is 5.91 Å². The molecule has 1 rings (SSSR count). The lowest BCUT2D eigenvalue weighted by Crippen LogP contribution is -2.44. The third-order valence-electron chi connectivity index (χ3n) is 3.08. The van der Waals surface area contributed by atoms with Crippen molar-refractivity contribution in [3.05, 3.63) is 0 Å². The van der Waals surface area contributed by atoms with E-state index in [1.165, 1.54) is 0 Å². The Morgan fingerprint density at radius 1 is 1.63 bits per heavy atom. The summed E-state index contributed by atoms with van der Waals surface area (Å²) in [7, 11) is 1.74. The standard InChI is InChI=1S/C12H24N2O3S2/c1-14(4-5-18)12(16)11(13)8-19-7-10-3-2-9(15)6-17-10/h9-11,15,18H,2-8,13H2,1H3/t9?,10?,11-/m1/s1. The number of carbonyl (C=O) groups excluding carboxylic acids is 1. The first-order valence-electron chi connectivity index (χ1n) is 6.53. The summed E-state index contributed by atoms with van der Waals surface area (Å²) in [5.41, 5.74) is 5.87. The molecule has 0 aromatic carbocycles. The van der Waals surface area contributed by atoms with Gasteiger partial charge >= 0.3 is 0 Å². The first-order valence-corrected chi connectivity index (χ1v) is 8.32. The lowest BCUT2D eigenvalue weighted by atomic mass is 10.1. The second kappa shape index (κ2) is 9.07. The molecule has 0 aromatic heterocycles. The number of ether oxygens (including phenoxy) is 1. The Hall–Kier alpha value is 0.0500. The summed E-state index contributed by atoms with van der Waals surface area (Å²) in [4.78, 5) is 13.5. The number of nitrogens with zero attached hydrogens (tertiary/aromatic N) is 1. The van der Waals surface area contributed by atoms with Gasteiger partial charge in [-0.3, -0.25) is 4.79 Å². The van der Waals surface area contributed by atoms with Crippen molar-refractivity contribution in [2.45, 2.75) is 31.1 Å². The van der Waals surface area contributed by atoms with Crippen molar-refractivity contribution in [2.24, 2.45) is 5.73 Å². The van der Waals surface area contributed by atoms with Crippen LogP contribution in [0.3, 0.4) is 0 Å². The van der Waals surface area contributed by atoms with E-state index in [1.807, 2.05) is 0 Å².